The van der Waals surface area contributed by atoms with E-state index in [-0.39, 0.29) is 0 Å². The summed E-state index contributed by atoms with van der Waals surface area (Å²) in [7, 11) is 3.73. The summed E-state index contributed by atoms with van der Waals surface area (Å²) in [6.07, 6.45) is 2.19. The van der Waals surface area contributed by atoms with Gasteiger partial charge in [0.25, 0.3) is 0 Å². The van der Waals surface area contributed by atoms with Gasteiger partial charge in [0.2, 0.25) is 0 Å². The van der Waals surface area contributed by atoms with Gasteiger partial charge < -0.3 is 10.1 Å². The first-order chi connectivity index (χ1) is 8.83. The Balaban J connectivity index is 1.97. The van der Waals surface area contributed by atoms with Crippen LogP contribution in [-0.4, -0.2) is 14.2 Å². The summed E-state index contributed by atoms with van der Waals surface area (Å²) in [4.78, 5) is 1.34. The predicted octanol–water partition coefficient (Wildman–Crippen LogP) is 3.65. The molecule has 1 atom stereocenters. The number of nitrogens with one attached hydrogen (secondary N) is 1. The van der Waals surface area contributed by atoms with Crippen LogP contribution in [0.1, 0.15) is 22.9 Å². The first-order valence-corrected chi connectivity index (χ1v) is 7.05. The zero-order valence-electron chi connectivity index (χ0n) is 10.8. The number of thiophene rings is 1. The lowest BCUT2D eigenvalue weighted by Gasteiger charge is -2.14. The number of methoxy groups -OCH3 is 1. The fourth-order valence-electron chi connectivity index (χ4n) is 2.01. The Labute approximate surface area is 113 Å². The topological polar surface area (TPSA) is 21.3 Å². The van der Waals surface area contributed by atoms with Crippen molar-refractivity contribution in [2.24, 2.45) is 0 Å². The van der Waals surface area contributed by atoms with Gasteiger partial charge in [0.15, 0.2) is 0 Å². The molecule has 2 nitrogen and oxygen atoms in total. The molecule has 0 bridgehead atoms. The molecule has 0 saturated carbocycles. The standard InChI is InChI=1S/C15H19NOS/c1-16-14(15-10-13(17-2)11-18-15)9-8-12-6-4-3-5-7-12/h3-7,10-11,14,16H,8-9H2,1-2H3. The molecule has 1 aromatic heterocycles. The minimum absolute atomic E-state index is 0.402. The Morgan fingerprint density at radius 3 is 2.67 bits per heavy atom. The van der Waals surface area contributed by atoms with Crippen molar-refractivity contribution in [2.45, 2.75) is 18.9 Å². The van der Waals surface area contributed by atoms with Crippen molar-refractivity contribution in [3.63, 3.8) is 0 Å². The van der Waals surface area contributed by atoms with E-state index in [2.05, 4.69) is 47.1 Å². The van der Waals surface area contributed by atoms with Crippen molar-refractivity contribution in [1.82, 2.24) is 5.32 Å². The molecule has 2 aromatic rings. The second kappa shape index (κ2) is 6.57. The third-order valence-electron chi connectivity index (χ3n) is 3.09. The molecule has 2 rings (SSSR count). The van der Waals surface area contributed by atoms with Crippen molar-refractivity contribution in [3.8, 4) is 5.75 Å². The van der Waals surface area contributed by atoms with Crippen LogP contribution in [0.25, 0.3) is 0 Å². The lowest BCUT2D eigenvalue weighted by molar-refractivity contribution is 0.415. The highest BCUT2D eigenvalue weighted by atomic mass is 32.1. The summed E-state index contributed by atoms with van der Waals surface area (Å²) in [5.41, 5.74) is 1.39. The fraction of sp³-hybridized carbons (Fsp3) is 0.333. The molecular formula is C15H19NOS. The number of ether oxygens (including phenoxy) is 1. The van der Waals surface area contributed by atoms with E-state index in [0.29, 0.717) is 6.04 Å². The molecule has 0 amide bonds. The Morgan fingerprint density at radius 1 is 1.28 bits per heavy atom. The smallest absolute Gasteiger partial charge is 0.129 e. The second-order valence-electron chi connectivity index (χ2n) is 4.25. The van der Waals surface area contributed by atoms with Crippen LogP contribution in [-0.2, 0) is 6.42 Å². The van der Waals surface area contributed by atoms with E-state index >= 15 is 0 Å². The number of aryl methyl sites for hydroxylation is 1. The molecule has 18 heavy (non-hydrogen) atoms. The Kier molecular flexibility index (Phi) is 4.79. The highest BCUT2D eigenvalue weighted by Crippen LogP contribution is 2.29. The van der Waals surface area contributed by atoms with Gasteiger partial charge in [-0.1, -0.05) is 30.3 Å². The van der Waals surface area contributed by atoms with Crippen LogP contribution in [0.5, 0.6) is 5.75 Å². The van der Waals surface area contributed by atoms with Crippen molar-refractivity contribution in [2.75, 3.05) is 14.2 Å². The maximum absolute atomic E-state index is 5.23. The van der Waals surface area contributed by atoms with Gasteiger partial charge in [0, 0.05) is 16.3 Å². The normalized spacial score (nSPS) is 12.3. The average Bonchev–Trinajstić information content (AvgIpc) is 2.89. The van der Waals surface area contributed by atoms with Gasteiger partial charge in [-0.2, -0.15) is 0 Å². The molecule has 0 saturated heterocycles. The zero-order valence-corrected chi connectivity index (χ0v) is 11.7. The lowest BCUT2D eigenvalue weighted by atomic mass is 10.0. The molecule has 1 unspecified atom stereocenters. The minimum Gasteiger partial charge on any atom is -0.496 e. The fourth-order valence-corrected chi connectivity index (χ4v) is 3.01. The molecule has 0 aliphatic carbocycles. The first-order valence-electron chi connectivity index (χ1n) is 6.17. The summed E-state index contributed by atoms with van der Waals surface area (Å²) in [6, 6.07) is 13.1. The number of rotatable bonds is 6. The Morgan fingerprint density at radius 2 is 2.06 bits per heavy atom. The van der Waals surface area contributed by atoms with Gasteiger partial charge in [-0.05, 0) is 31.5 Å². The molecule has 96 valence electrons. The summed E-state index contributed by atoms with van der Waals surface area (Å²) in [5.74, 6) is 0.954. The van der Waals surface area contributed by atoms with E-state index in [1.54, 1.807) is 18.4 Å². The van der Waals surface area contributed by atoms with Crippen LogP contribution in [0.3, 0.4) is 0 Å². The number of benzene rings is 1. The molecule has 0 radical (unpaired) electrons. The Hall–Kier alpha value is -1.32. The van der Waals surface area contributed by atoms with Gasteiger partial charge in [0.05, 0.1) is 7.11 Å². The average molecular weight is 261 g/mol. The summed E-state index contributed by atoms with van der Waals surface area (Å²) in [6.45, 7) is 0. The van der Waals surface area contributed by atoms with Crippen LogP contribution in [0.15, 0.2) is 41.8 Å². The molecule has 1 heterocycles. The highest BCUT2D eigenvalue weighted by Gasteiger charge is 2.12. The quantitative estimate of drug-likeness (QED) is 0.857. The van der Waals surface area contributed by atoms with Crippen LogP contribution in [0.4, 0.5) is 0 Å². The monoisotopic (exact) mass is 261 g/mol. The maximum Gasteiger partial charge on any atom is 0.129 e. The lowest BCUT2D eigenvalue weighted by Crippen LogP contribution is -2.15. The van der Waals surface area contributed by atoms with Gasteiger partial charge in [-0.15, -0.1) is 11.3 Å². The van der Waals surface area contributed by atoms with Crippen molar-refractivity contribution in [3.05, 3.63) is 52.2 Å². The number of hydrogen-bond donors (Lipinski definition) is 1. The second-order valence-corrected chi connectivity index (χ2v) is 5.20. The molecular weight excluding hydrogens is 242 g/mol. The van der Waals surface area contributed by atoms with E-state index in [0.717, 1.165) is 18.6 Å². The summed E-state index contributed by atoms with van der Waals surface area (Å²) >= 11 is 1.75. The molecule has 1 aromatic carbocycles. The predicted molar refractivity (Wildman–Crippen MR) is 77.4 cm³/mol. The van der Waals surface area contributed by atoms with E-state index in [1.165, 1.54) is 10.4 Å². The highest BCUT2D eigenvalue weighted by molar-refractivity contribution is 7.10. The molecule has 0 aliphatic heterocycles. The van der Waals surface area contributed by atoms with E-state index in [1.807, 2.05) is 7.05 Å². The van der Waals surface area contributed by atoms with Crippen LogP contribution in [0, 0.1) is 0 Å². The van der Waals surface area contributed by atoms with Crippen molar-refractivity contribution in [1.29, 1.82) is 0 Å². The molecule has 1 N–H and O–H groups in total. The third kappa shape index (κ3) is 3.34. The molecule has 0 fully saturated rings. The largest absolute Gasteiger partial charge is 0.496 e. The minimum atomic E-state index is 0.402. The van der Waals surface area contributed by atoms with Crippen LogP contribution >= 0.6 is 11.3 Å². The Bertz CT molecular complexity index is 466. The first kappa shape index (κ1) is 13.1. The van der Waals surface area contributed by atoms with Gasteiger partial charge >= 0.3 is 0 Å². The summed E-state index contributed by atoms with van der Waals surface area (Å²) in [5, 5.41) is 5.44. The molecule has 0 spiro atoms. The maximum atomic E-state index is 5.23. The van der Waals surface area contributed by atoms with Crippen molar-refractivity contribution < 1.29 is 4.74 Å². The zero-order chi connectivity index (χ0) is 12.8. The SMILES string of the molecule is CNC(CCc1ccccc1)c1cc(OC)cs1. The molecule has 0 aliphatic rings. The number of hydrogen-bond acceptors (Lipinski definition) is 3. The van der Waals surface area contributed by atoms with Crippen LogP contribution in [0.2, 0.25) is 0 Å². The third-order valence-corrected chi connectivity index (χ3v) is 4.11. The van der Waals surface area contributed by atoms with Gasteiger partial charge in [-0.3, -0.25) is 0 Å². The van der Waals surface area contributed by atoms with Crippen molar-refractivity contribution >= 4 is 11.3 Å². The van der Waals surface area contributed by atoms with Gasteiger partial charge in [-0.25, -0.2) is 0 Å². The van der Waals surface area contributed by atoms with E-state index < -0.39 is 0 Å². The van der Waals surface area contributed by atoms with Crippen LogP contribution < -0.4 is 10.1 Å². The van der Waals surface area contributed by atoms with E-state index in [9.17, 15) is 0 Å². The summed E-state index contributed by atoms with van der Waals surface area (Å²) < 4.78 is 5.23. The molecule has 3 heteroatoms. The van der Waals surface area contributed by atoms with E-state index in [4.69, 9.17) is 4.74 Å². The van der Waals surface area contributed by atoms with Gasteiger partial charge in [0.1, 0.15) is 5.75 Å².